The van der Waals surface area contributed by atoms with Crippen molar-refractivity contribution in [3.05, 3.63) is 12.2 Å². The molecule has 7 nitrogen and oxygen atoms in total. The van der Waals surface area contributed by atoms with Crippen LogP contribution in [0.25, 0.3) is 0 Å². The van der Waals surface area contributed by atoms with Gasteiger partial charge in [-0.1, -0.05) is 225 Å². The Hall–Kier alpha value is -0.960. The number of carbonyl (C=O) groups is 1. The minimum absolute atomic E-state index is 0.286. The molecule has 0 aliphatic heterocycles. The Morgan fingerprint density at radius 3 is 1.18 bits per heavy atom. The highest BCUT2D eigenvalue weighted by molar-refractivity contribution is 7.85. The van der Waals surface area contributed by atoms with Crippen molar-refractivity contribution in [2.75, 3.05) is 5.75 Å². The van der Waals surface area contributed by atoms with Crippen molar-refractivity contribution < 1.29 is 28.0 Å². The van der Waals surface area contributed by atoms with Crippen LogP contribution >= 0.6 is 0 Å². The molecule has 0 fully saturated rings. The number of carbonyl (C=O) groups excluding carboxylic acids is 1. The first-order valence-corrected chi connectivity index (χ1v) is 23.6. The SMILES string of the molecule is CCCCCCCCCCCCCC/C=C/C(O)C(CS(=O)(=O)O)NC(=O)C(O)CCCCCCCCCCCCCCCCCCCCCC. The van der Waals surface area contributed by atoms with Crippen LogP contribution < -0.4 is 5.32 Å². The predicted molar refractivity (Wildman–Crippen MR) is 218 cm³/mol. The summed E-state index contributed by atoms with van der Waals surface area (Å²) in [7, 11) is -4.44. The van der Waals surface area contributed by atoms with Crippen molar-refractivity contribution in [3.8, 4) is 0 Å². The molecule has 0 spiro atoms. The van der Waals surface area contributed by atoms with E-state index in [0.29, 0.717) is 6.42 Å². The molecule has 3 atom stereocenters. The molecule has 51 heavy (non-hydrogen) atoms. The van der Waals surface area contributed by atoms with Gasteiger partial charge in [-0.25, -0.2) is 0 Å². The molecule has 0 heterocycles. The van der Waals surface area contributed by atoms with Gasteiger partial charge in [-0.2, -0.15) is 8.42 Å². The topological polar surface area (TPSA) is 124 Å². The number of aliphatic hydroxyl groups is 2. The van der Waals surface area contributed by atoms with E-state index in [9.17, 15) is 28.0 Å². The molecule has 0 aromatic heterocycles. The highest BCUT2D eigenvalue weighted by atomic mass is 32.2. The number of nitrogens with one attached hydrogen (secondary N) is 1. The van der Waals surface area contributed by atoms with Gasteiger partial charge in [0.25, 0.3) is 10.1 Å². The summed E-state index contributed by atoms with van der Waals surface area (Å²) < 4.78 is 32.5. The molecule has 0 saturated heterocycles. The molecule has 0 radical (unpaired) electrons. The fourth-order valence-corrected chi connectivity index (χ4v) is 7.66. The normalized spacial score (nSPS) is 13.9. The average molecular weight is 744 g/mol. The zero-order valence-electron chi connectivity index (χ0n) is 33.6. The van der Waals surface area contributed by atoms with Gasteiger partial charge in [0.05, 0.1) is 17.9 Å². The van der Waals surface area contributed by atoms with Gasteiger partial charge >= 0.3 is 0 Å². The Morgan fingerprint density at radius 2 is 0.843 bits per heavy atom. The first-order chi connectivity index (χ1) is 24.7. The van der Waals surface area contributed by atoms with Gasteiger partial charge in [-0.3, -0.25) is 9.35 Å². The van der Waals surface area contributed by atoms with E-state index in [2.05, 4.69) is 19.2 Å². The molecule has 0 aromatic carbocycles. The van der Waals surface area contributed by atoms with E-state index in [1.54, 1.807) is 6.08 Å². The average Bonchev–Trinajstić information content (AvgIpc) is 3.09. The highest BCUT2D eigenvalue weighted by Crippen LogP contribution is 2.16. The molecule has 1 amide bonds. The lowest BCUT2D eigenvalue weighted by molar-refractivity contribution is -0.130. The summed E-state index contributed by atoms with van der Waals surface area (Å²) in [6.45, 7) is 4.52. The summed E-state index contributed by atoms with van der Waals surface area (Å²) in [6.07, 6.45) is 42.7. The van der Waals surface area contributed by atoms with Crippen molar-refractivity contribution in [1.82, 2.24) is 5.32 Å². The van der Waals surface area contributed by atoms with E-state index < -0.39 is 40.0 Å². The summed E-state index contributed by atoms with van der Waals surface area (Å²) >= 11 is 0. The second-order valence-electron chi connectivity index (χ2n) is 15.5. The molecule has 0 aliphatic rings. The number of aliphatic hydroxyl groups excluding tert-OH is 2. The van der Waals surface area contributed by atoms with Gasteiger partial charge in [0, 0.05) is 0 Å². The molecular formula is C43H85NO6S. The largest absolute Gasteiger partial charge is 0.387 e. The molecule has 0 aromatic rings. The summed E-state index contributed by atoms with van der Waals surface area (Å²) in [4.78, 5) is 12.6. The van der Waals surface area contributed by atoms with Gasteiger partial charge in [0.2, 0.25) is 5.91 Å². The van der Waals surface area contributed by atoms with E-state index in [1.165, 1.54) is 173 Å². The van der Waals surface area contributed by atoms with Crippen LogP contribution in [0.3, 0.4) is 0 Å². The monoisotopic (exact) mass is 744 g/mol. The first kappa shape index (κ1) is 50.0. The number of hydrogen-bond donors (Lipinski definition) is 4. The summed E-state index contributed by atoms with van der Waals surface area (Å²) in [5, 5.41) is 23.4. The Bertz CT molecular complexity index is 880. The third-order valence-corrected chi connectivity index (χ3v) is 11.1. The van der Waals surface area contributed by atoms with E-state index >= 15 is 0 Å². The van der Waals surface area contributed by atoms with Gasteiger partial charge in [0.15, 0.2) is 0 Å². The summed E-state index contributed by atoms with van der Waals surface area (Å²) in [5.41, 5.74) is 0. The number of allylic oxidation sites excluding steroid dienone is 1. The predicted octanol–water partition coefficient (Wildman–Crippen LogP) is 11.9. The van der Waals surface area contributed by atoms with Crippen LogP contribution in [-0.4, -0.2) is 53.1 Å². The second kappa shape index (κ2) is 37.4. The molecule has 0 aliphatic carbocycles. The third-order valence-electron chi connectivity index (χ3n) is 10.3. The van der Waals surface area contributed by atoms with Crippen molar-refractivity contribution in [2.45, 2.75) is 250 Å². The zero-order valence-corrected chi connectivity index (χ0v) is 34.4. The Labute approximate surface area is 316 Å². The number of unbranched alkanes of at least 4 members (excludes halogenated alkanes) is 31. The second-order valence-corrected chi connectivity index (χ2v) is 17.0. The lowest BCUT2D eigenvalue weighted by Gasteiger charge is -2.22. The lowest BCUT2D eigenvalue weighted by Crippen LogP contribution is -2.50. The van der Waals surface area contributed by atoms with Crippen LogP contribution in [0.5, 0.6) is 0 Å². The number of rotatable bonds is 40. The minimum Gasteiger partial charge on any atom is -0.387 e. The maximum absolute atomic E-state index is 12.6. The molecule has 3 unspecified atom stereocenters. The maximum Gasteiger partial charge on any atom is 0.267 e. The number of amides is 1. The molecule has 0 bridgehead atoms. The molecule has 4 N–H and O–H groups in total. The lowest BCUT2D eigenvalue weighted by atomic mass is 10.0. The van der Waals surface area contributed by atoms with E-state index in [1.807, 2.05) is 0 Å². The Morgan fingerprint density at radius 1 is 0.529 bits per heavy atom. The maximum atomic E-state index is 12.6. The summed E-state index contributed by atoms with van der Waals surface area (Å²) in [6, 6.07) is -1.23. The van der Waals surface area contributed by atoms with E-state index in [4.69, 9.17) is 0 Å². The molecule has 8 heteroatoms. The van der Waals surface area contributed by atoms with Gasteiger partial charge in [0.1, 0.15) is 6.10 Å². The van der Waals surface area contributed by atoms with Gasteiger partial charge < -0.3 is 15.5 Å². The molecule has 304 valence electrons. The quantitative estimate of drug-likeness (QED) is 0.0281. The summed E-state index contributed by atoms with van der Waals surface area (Å²) in [5.74, 6) is -1.52. The van der Waals surface area contributed by atoms with Crippen molar-refractivity contribution in [1.29, 1.82) is 0 Å². The van der Waals surface area contributed by atoms with E-state index in [-0.39, 0.29) is 6.42 Å². The fourth-order valence-electron chi connectivity index (χ4n) is 6.93. The molecule has 0 saturated carbocycles. The third kappa shape index (κ3) is 37.2. The van der Waals surface area contributed by atoms with Crippen LogP contribution in [0, 0.1) is 0 Å². The smallest absolute Gasteiger partial charge is 0.267 e. The van der Waals surface area contributed by atoms with Crippen LogP contribution in [0.4, 0.5) is 0 Å². The van der Waals surface area contributed by atoms with Crippen molar-refractivity contribution in [3.63, 3.8) is 0 Å². The standard InChI is InChI=1S/C43H85NO6S/c1-3-5-7-9-11-13-15-17-19-20-21-22-23-24-26-28-30-32-34-36-38-42(46)43(47)44-40(39-51(48,49)50)41(45)37-35-33-31-29-27-25-18-16-14-12-10-8-6-4-2/h35,37,40-42,45-46H,3-34,36,38-39H2,1-2H3,(H,44,47)(H,48,49,50)/b37-35+. The van der Waals surface area contributed by atoms with Crippen LogP contribution in [0.2, 0.25) is 0 Å². The Balaban J connectivity index is 3.93. The van der Waals surface area contributed by atoms with Crippen LogP contribution in [0.1, 0.15) is 232 Å². The minimum atomic E-state index is -4.44. The van der Waals surface area contributed by atoms with E-state index in [0.717, 1.165) is 38.5 Å². The molecule has 0 rings (SSSR count). The van der Waals surface area contributed by atoms with Crippen molar-refractivity contribution in [2.24, 2.45) is 0 Å². The zero-order chi connectivity index (χ0) is 37.7. The van der Waals surface area contributed by atoms with Crippen LogP contribution in [-0.2, 0) is 14.9 Å². The van der Waals surface area contributed by atoms with Gasteiger partial charge in [-0.05, 0) is 19.3 Å². The Kier molecular flexibility index (Phi) is 36.7. The molecular weight excluding hydrogens is 659 g/mol. The van der Waals surface area contributed by atoms with Crippen molar-refractivity contribution >= 4 is 16.0 Å². The first-order valence-electron chi connectivity index (χ1n) is 22.0. The van der Waals surface area contributed by atoms with Gasteiger partial charge in [-0.15, -0.1) is 0 Å². The van der Waals surface area contributed by atoms with Crippen LogP contribution in [0.15, 0.2) is 12.2 Å². The fraction of sp³-hybridized carbons (Fsp3) is 0.930. The number of hydrogen-bond acceptors (Lipinski definition) is 5. The highest BCUT2D eigenvalue weighted by Gasteiger charge is 2.27.